The second-order valence-corrected chi connectivity index (χ2v) is 11.0. The summed E-state index contributed by atoms with van der Waals surface area (Å²) >= 11 is 0. The molecule has 0 unspecified atom stereocenters. The highest BCUT2D eigenvalue weighted by molar-refractivity contribution is 6.37. The van der Waals surface area contributed by atoms with Crippen molar-refractivity contribution in [2.45, 2.75) is 20.0 Å². The summed E-state index contributed by atoms with van der Waals surface area (Å²) < 4.78 is 5.13. The molecule has 3 aromatic carbocycles. The molecule has 3 aliphatic heterocycles. The zero-order valence-electron chi connectivity index (χ0n) is 24.0. The van der Waals surface area contributed by atoms with E-state index in [-0.39, 0.29) is 18.4 Å². The van der Waals surface area contributed by atoms with Crippen molar-refractivity contribution in [2.24, 2.45) is 0 Å². The number of ether oxygens (including phenoxy) is 1. The average molecular weight is 566 g/mol. The molecule has 0 aliphatic carbocycles. The Balaban J connectivity index is 1.26. The maximum Gasteiger partial charge on any atom is 0.338 e. The van der Waals surface area contributed by atoms with Crippen molar-refractivity contribution < 1.29 is 19.1 Å². The SMILES string of the molecule is CCOC(=O)c1ccc2c(c1)NC(=O)/C2=C(\Nc1ccc2c(c1)CN(C(=O)CN1CCN(C)CC1)C2)c1ccccc1. The van der Waals surface area contributed by atoms with E-state index in [1.807, 2.05) is 41.3 Å². The van der Waals surface area contributed by atoms with Crippen molar-refractivity contribution in [3.8, 4) is 0 Å². The van der Waals surface area contributed by atoms with E-state index in [2.05, 4.69) is 39.6 Å². The van der Waals surface area contributed by atoms with E-state index < -0.39 is 5.97 Å². The number of hydrogen-bond donors (Lipinski definition) is 2. The van der Waals surface area contributed by atoms with E-state index in [9.17, 15) is 14.4 Å². The topological polar surface area (TPSA) is 94.2 Å². The minimum atomic E-state index is -0.428. The van der Waals surface area contributed by atoms with Crippen molar-refractivity contribution in [1.29, 1.82) is 0 Å². The van der Waals surface area contributed by atoms with E-state index >= 15 is 0 Å². The van der Waals surface area contributed by atoms with Crippen LogP contribution in [-0.2, 0) is 27.4 Å². The van der Waals surface area contributed by atoms with Crippen LogP contribution in [0.3, 0.4) is 0 Å². The Morgan fingerprint density at radius 1 is 0.905 bits per heavy atom. The quantitative estimate of drug-likeness (QED) is 0.332. The van der Waals surface area contributed by atoms with Crippen LogP contribution in [0.1, 0.15) is 39.5 Å². The van der Waals surface area contributed by atoms with Crippen LogP contribution in [0.5, 0.6) is 0 Å². The highest BCUT2D eigenvalue weighted by Gasteiger charge is 2.30. The van der Waals surface area contributed by atoms with Crippen LogP contribution >= 0.6 is 0 Å². The van der Waals surface area contributed by atoms with Crippen LogP contribution in [0.2, 0.25) is 0 Å². The van der Waals surface area contributed by atoms with Crippen LogP contribution < -0.4 is 10.6 Å². The predicted octanol–water partition coefficient (Wildman–Crippen LogP) is 3.89. The first-order valence-corrected chi connectivity index (χ1v) is 14.4. The van der Waals surface area contributed by atoms with Gasteiger partial charge in [-0.05, 0) is 54.9 Å². The minimum Gasteiger partial charge on any atom is -0.462 e. The molecule has 6 rings (SSSR count). The molecule has 0 atom stereocenters. The molecule has 0 saturated carbocycles. The van der Waals surface area contributed by atoms with Gasteiger partial charge in [-0.2, -0.15) is 0 Å². The normalized spacial score (nSPS) is 17.9. The van der Waals surface area contributed by atoms with Gasteiger partial charge in [0.2, 0.25) is 5.91 Å². The number of rotatable bonds is 7. The second kappa shape index (κ2) is 11.8. The third-order valence-corrected chi connectivity index (χ3v) is 8.09. The molecule has 3 aliphatic rings. The number of nitrogens with one attached hydrogen (secondary N) is 2. The lowest BCUT2D eigenvalue weighted by atomic mass is 9.98. The molecule has 3 heterocycles. The van der Waals surface area contributed by atoms with Crippen LogP contribution in [0.4, 0.5) is 11.4 Å². The zero-order chi connectivity index (χ0) is 29.2. The van der Waals surface area contributed by atoms with E-state index in [4.69, 9.17) is 4.74 Å². The van der Waals surface area contributed by atoms with Gasteiger partial charge in [0.25, 0.3) is 5.91 Å². The fourth-order valence-electron chi connectivity index (χ4n) is 5.74. The number of nitrogens with zero attached hydrogens (tertiary/aromatic N) is 3. The molecule has 0 spiro atoms. The van der Waals surface area contributed by atoms with Crippen LogP contribution in [-0.4, -0.2) is 78.9 Å². The first-order valence-electron chi connectivity index (χ1n) is 14.4. The van der Waals surface area contributed by atoms with Gasteiger partial charge in [-0.1, -0.05) is 42.5 Å². The van der Waals surface area contributed by atoms with Gasteiger partial charge in [-0.25, -0.2) is 4.79 Å². The van der Waals surface area contributed by atoms with Gasteiger partial charge in [0.1, 0.15) is 0 Å². The maximum absolute atomic E-state index is 13.4. The van der Waals surface area contributed by atoms with E-state index in [0.717, 1.165) is 48.6 Å². The summed E-state index contributed by atoms with van der Waals surface area (Å²) in [6.07, 6.45) is 0. The van der Waals surface area contributed by atoms with Crippen molar-refractivity contribution in [3.05, 3.63) is 94.5 Å². The molecular formula is C33H35N5O4. The first kappa shape index (κ1) is 27.7. The summed E-state index contributed by atoms with van der Waals surface area (Å²) in [4.78, 5) is 45.2. The predicted molar refractivity (Wildman–Crippen MR) is 163 cm³/mol. The Hall–Kier alpha value is -4.47. The summed E-state index contributed by atoms with van der Waals surface area (Å²) in [6, 6.07) is 21.0. The third-order valence-electron chi connectivity index (χ3n) is 8.09. The average Bonchev–Trinajstić information content (AvgIpc) is 3.57. The monoisotopic (exact) mass is 565 g/mol. The highest BCUT2D eigenvalue weighted by atomic mass is 16.5. The van der Waals surface area contributed by atoms with E-state index in [1.165, 1.54) is 0 Å². The summed E-state index contributed by atoms with van der Waals surface area (Å²) in [7, 11) is 2.11. The summed E-state index contributed by atoms with van der Waals surface area (Å²) in [5.74, 6) is -0.527. The molecule has 216 valence electrons. The molecule has 3 aromatic rings. The zero-order valence-corrected chi connectivity index (χ0v) is 24.0. The van der Waals surface area contributed by atoms with E-state index in [0.29, 0.717) is 47.7 Å². The standard InChI is InChI=1S/C33H35N5O4/c1-3-42-33(41)23-10-12-27-28(18-23)35-32(40)30(27)31(22-7-5-4-6-8-22)34-26-11-9-24-19-38(20-25(24)17-26)29(39)21-37-15-13-36(2)14-16-37/h4-12,17-18,34H,3,13-16,19-21H2,1-2H3,(H,35,40)/b31-30-. The Labute approximate surface area is 245 Å². The molecule has 2 N–H and O–H groups in total. The maximum atomic E-state index is 13.4. The molecule has 0 bridgehead atoms. The first-order chi connectivity index (χ1) is 20.4. The van der Waals surface area contributed by atoms with Gasteiger partial charge in [-0.3, -0.25) is 14.5 Å². The third kappa shape index (κ3) is 5.66. The lowest BCUT2D eigenvalue weighted by Crippen LogP contribution is -2.48. The van der Waals surface area contributed by atoms with Crippen LogP contribution in [0.25, 0.3) is 11.3 Å². The Bertz CT molecular complexity index is 1560. The number of esters is 1. The number of amides is 2. The minimum absolute atomic E-state index is 0.152. The Morgan fingerprint density at radius 2 is 1.67 bits per heavy atom. The van der Waals surface area contributed by atoms with Crippen molar-refractivity contribution in [2.75, 3.05) is 57.0 Å². The molecule has 2 amide bonds. The molecule has 9 heteroatoms. The fourth-order valence-corrected chi connectivity index (χ4v) is 5.74. The number of anilines is 2. The van der Waals surface area contributed by atoms with Gasteiger partial charge in [0.05, 0.1) is 35.7 Å². The Kier molecular flexibility index (Phi) is 7.78. The number of benzene rings is 3. The Morgan fingerprint density at radius 3 is 2.43 bits per heavy atom. The molecule has 0 aromatic heterocycles. The number of fused-ring (bicyclic) bond motifs is 2. The number of likely N-dealkylation sites (N-methyl/N-ethyl adjacent to an activating group) is 1. The smallest absolute Gasteiger partial charge is 0.338 e. The van der Waals surface area contributed by atoms with E-state index in [1.54, 1.807) is 25.1 Å². The fraction of sp³-hybridized carbons (Fsp3) is 0.303. The second-order valence-electron chi connectivity index (χ2n) is 11.0. The largest absolute Gasteiger partial charge is 0.462 e. The van der Waals surface area contributed by atoms with Gasteiger partial charge in [0, 0.05) is 50.5 Å². The highest BCUT2D eigenvalue weighted by Crippen LogP contribution is 2.38. The lowest BCUT2D eigenvalue weighted by Gasteiger charge is -2.32. The van der Waals surface area contributed by atoms with Gasteiger partial charge in [-0.15, -0.1) is 0 Å². The molecule has 42 heavy (non-hydrogen) atoms. The number of hydrogen-bond acceptors (Lipinski definition) is 7. The van der Waals surface area contributed by atoms with Crippen molar-refractivity contribution in [3.63, 3.8) is 0 Å². The van der Waals surface area contributed by atoms with Gasteiger partial charge in [0.15, 0.2) is 0 Å². The van der Waals surface area contributed by atoms with Crippen molar-refractivity contribution in [1.82, 2.24) is 14.7 Å². The molecule has 9 nitrogen and oxygen atoms in total. The summed E-state index contributed by atoms with van der Waals surface area (Å²) in [5.41, 5.74) is 6.74. The van der Waals surface area contributed by atoms with Gasteiger partial charge < -0.3 is 25.2 Å². The molecule has 1 saturated heterocycles. The number of piperazine rings is 1. The van der Waals surface area contributed by atoms with Crippen LogP contribution in [0.15, 0.2) is 66.7 Å². The lowest BCUT2D eigenvalue weighted by molar-refractivity contribution is -0.133. The molecule has 0 radical (unpaired) electrons. The van der Waals surface area contributed by atoms with Crippen LogP contribution in [0, 0.1) is 0 Å². The summed E-state index contributed by atoms with van der Waals surface area (Å²) in [6.45, 7) is 7.44. The van der Waals surface area contributed by atoms with Crippen molar-refractivity contribution >= 4 is 40.4 Å². The van der Waals surface area contributed by atoms with Gasteiger partial charge >= 0.3 is 5.97 Å². The molecular weight excluding hydrogens is 530 g/mol. The number of carbonyl (C=O) groups is 3. The summed E-state index contributed by atoms with van der Waals surface area (Å²) in [5, 5.41) is 6.44. The molecule has 1 fully saturated rings. The number of carbonyl (C=O) groups excluding carboxylic acids is 3.